The molecule has 1 nitrogen and oxygen atoms in total. The molecule has 13 heavy (non-hydrogen) atoms. The molecule has 0 saturated carbocycles. The van der Waals surface area contributed by atoms with Gasteiger partial charge in [0.15, 0.2) is 0 Å². The van der Waals surface area contributed by atoms with E-state index in [1.165, 1.54) is 16.7 Å². The summed E-state index contributed by atoms with van der Waals surface area (Å²) in [5.74, 6) is 0. The second kappa shape index (κ2) is 3.64. The lowest BCUT2D eigenvalue weighted by atomic mass is 10.0. The first kappa shape index (κ1) is 8.97. The normalized spacial score (nSPS) is 16.5. The molecule has 0 N–H and O–H groups in total. The molecule has 68 valence electrons. The Hall–Kier alpha value is -0.600. The first-order chi connectivity index (χ1) is 6.27. The Labute approximate surface area is 86.5 Å². The van der Waals surface area contributed by atoms with Gasteiger partial charge in [-0.15, -0.1) is 0 Å². The maximum absolute atomic E-state index is 5.46. The highest BCUT2D eigenvalue weighted by atomic mass is 79.9. The highest BCUT2D eigenvalue weighted by Gasteiger charge is 2.10. The predicted molar refractivity (Wildman–Crippen MR) is 57.4 cm³/mol. The molecule has 0 aromatic heterocycles. The molecule has 0 spiro atoms. The zero-order chi connectivity index (χ0) is 9.26. The van der Waals surface area contributed by atoms with E-state index in [0.717, 1.165) is 17.5 Å². The van der Waals surface area contributed by atoms with Crippen molar-refractivity contribution in [3.8, 4) is 0 Å². The Morgan fingerprint density at radius 2 is 2.23 bits per heavy atom. The number of hydrogen-bond acceptors (Lipinski definition) is 1. The van der Waals surface area contributed by atoms with E-state index in [0.29, 0.717) is 6.61 Å². The Bertz CT molecular complexity index is 344. The standard InChI is InChI=1S/C11H11BrO/c1-8-4-5-13-7-9-6-10(12)2-3-11(8)9/h2-3,6H,1,4-5,7H2. The van der Waals surface area contributed by atoms with Crippen LogP contribution in [0.4, 0.5) is 0 Å². The van der Waals surface area contributed by atoms with E-state index in [9.17, 15) is 0 Å². The monoisotopic (exact) mass is 238 g/mol. The van der Waals surface area contributed by atoms with Crippen LogP contribution in [0.2, 0.25) is 0 Å². The van der Waals surface area contributed by atoms with Crippen molar-refractivity contribution in [2.45, 2.75) is 13.0 Å². The number of rotatable bonds is 0. The Morgan fingerprint density at radius 1 is 1.38 bits per heavy atom. The van der Waals surface area contributed by atoms with Gasteiger partial charge in [0.25, 0.3) is 0 Å². The van der Waals surface area contributed by atoms with Crippen LogP contribution >= 0.6 is 15.9 Å². The Morgan fingerprint density at radius 3 is 3.08 bits per heavy atom. The van der Waals surface area contributed by atoms with E-state index < -0.39 is 0 Å². The summed E-state index contributed by atoms with van der Waals surface area (Å²) in [4.78, 5) is 0. The first-order valence-corrected chi connectivity index (χ1v) is 5.11. The van der Waals surface area contributed by atoms with Gasteiger partial charge in [-0.25, -0.2) is 0 Å². The number of benzene rings is 1. The van der Waals surface area contributed by atoms with Crippen LogP contribution in [0.25, 0.3) is 5.57 Å². The fraction of sp³-hybridized carbons (Fsp3) is 0.273. The molecule has 0 unspecified atom stereocenters. The second-order valence-electron chi connectivity index (χ2n) is 3.21. The van der Waals surface area contributed by atoms with Crippen LogP contribution < -0.4 is 0 Å². The average Bonchev–Trinajstić information content (AvgIpc) is 2.28. The van der Waals surface area contributed by atoms with Gasteiger partial charge in [-0.3, -0.25) is 0 Å². The number of halogens is 1. The topological polar surface area (TPSA) is 9.23 Å². The maximum atomic E-state index is 5.46. The van der Waals surface area contributed by atoms with Crippen LogP contribution in [-0.4, -0.2) is 6.61 Å². The molecule has 0 atom stereocenters. The summed E-state index contributed by atoms with van der Waals surface area (Å²) >= 11 is 3.45. The van der Waals surface area contributed by atoms with Gasteiger partial charge in [0.1, 0.15) is 0 Å². The number of hydrogen-bond donors (Lipinski definition) is 0. The summed E-state index contributed by atoms with van der Waals surface area (Å²) in [6, 6.07) is 6.26. The summed E-state index contributed by atoms with van der Waals surface area (Å²) in [6.07, 6.45) is 0.939. The Kier molecular flexibility index (Phi) is 2.51. The zero-order valence-corrected chi connectivity index (χ0v) is 8.93. The van der Waals surface area contributed by atoms with Crippen molar-refractivity contribution in [2.24, 2.45) is 0 Å². The number of ether oxygens (including phenoxy) is 1. The van der Waals surface area contributed by atoms with Crippen LogP contribution in [0.1, 0.15) is 17.5 Å². The van der Waals surface area contributed by atoms with Gasteiger partial charge in [0.05, 0.1) is 13.2 Å². The molecular weight excluding hydrogens is 228 g/mol. The quantitative estimate of drug-likeness (QED) is 0.674. The van der Waals surface area contributed by atoms with E-state index in [1.54, 1.807) is 0 Å². The molecule has 0 amide bonds. The largest absolute Gasteiger partial charge is 0.376 e. The van der Waals surface area contributed by atoms with Crippen molar-refractivity contribution in [1.29, 1.82) is 0 Å². The van der Waals surface area contributed by atoms with Crippen LogP contribution in [0.5, 0.6) is 0 Å². The zero-order valence-electron chi connectivity index (χ0n) is 7.35. The summed E-state index contributed by atoms with van der Waals surface area (Å²) in [7, 11) is 0. The van der Waals surface area contributed by atoms with Gasteiger partial charge in [-0.2, -0.15) is 0 Å². The molecule has 0 aliphatic carbocycles. The molecule has 2 rings (SSSR count). The minimum Gasteiger partial charge on any atom is -0.376 e. The third kappa shape index (κ3) is 1.84. The van der Waals surface area contributed by atoms with Crippen molar-refractivity contribution < 1.29 is 4.74 Å². The van der Waals surface area contributed by atoms with Gasteiger partial charge in [-0.05, 0) is 35.3 Å². The average molecular weight is 239 g/mol. The van der Waals surface area contributed by atoms with Gasteiger partial charge in [0.2, 0.25) is 0 Å². The molecule has 1 aromatic rings. The maximum Gasteiger partial charge on any atom is 0.0723 e. The van der Waals surface area contributed by atoms with Crippen LogP contribution in [0, 0.1) is 0 Å². The molecule has 2 heteroatoms. The van der Waals surface area contributed by atoms with E-state index in [1.807, 2.05) is 0 Å². The molecular formula is C11H11BrO. The minimum absolute atomic E-state index is 0.702. The third-order valence-electron chi connectivity index (χ3n) is 2.25. The SMILES string of the molecule is C=C1CCOCc2cc(Br)ccc21. The van der Waals surface area contributed by atoms with Gasteiger partial charge in [0, 0.05) is 4.47 Å². The molecule has 1 aliphatic rings. The number of fused-ring (bicyclic) bond motifs is 1. The fourth-order valence-corrected chi connectivity index (χ4v) is 1.95. The van der Waals surface area contributed by atoms with Crippen molar-refractivity contribution in [1.82, 2.24) is 0 Å². The van der Waals surface area contributed by atoms with Crippen molar-refractivity contribution in [3.05, 3.63) is 40.4 Å². The molecule has 0 radical (unpaired) electrons. The lowest BCUT2D eigenvalue weighted by molar-refractivity contribution is 0.130. The van der Waals surface area contributed by atoms with Crippen molar-refractivity contribution in [2.75, 3.05) is 6.61 Å². The van der Waals surface area contributed by atoms with Crippen LogP contribution in [-0.2, 0) is 11.3 Å². The van der Waals surface area contributed by atoms with Gasteiger partial charge < -0.3 is 4.74 Å². The highest BCUT2D eigenvalue weighted by molar-refractivity contribution is 9.10. The molecule has 0 fully saturated rings. The molecule has 1 heterocycles. The van der Waals surface area contributed by atoms with Gasteiger partial charge in [-0.1, -0.05) is 28.6 Å². The van der Waals surface area contributed by atoms with Crippen LogP contribution in [0.3, 0.4) is 0 Å². The highest BCUT2D eigenvalue weighted by Crippen LogP contribution is 2.27. The lowest BCUT2D eigenvalue weighted by Gasteiger charge is -2.06. The molecule has 1 aromatic carbocycles. The fourth-order valence-electron chi connectivity index (χ4n) is 1.54. The van der Waals surface area contributed by atoms with E-state index in [-0.39, 0.29) is 0 Å². The minimum atomic E-state index is 0.702. The summed E-state index contributed by atoms with van der Waals surface area (Å²) in [5.41, 5.74) is 3.66. The summed E-state index contributed by atoms with van der Waals surface area (Å²) in [5, 5.41) is 0. The second-order valence-corrected chi connectivity index (χ2v) is 4.12. The molecule has 0 saturated heterocycles. The Balaban J connectivity index is 2.48. The summed E-state index contributed by atoms with van der Waals surface area (Å²) in [6.45, 7) is 5.53. The predicted octanol–water partition coefficient (Wildman–Crippen LogP) is 3.38. The molecule has 1 aliphatic heterocycles. The van der Waals surface area contributed by atoms with Crippen molar-refractivity contribution in [3.63, 3.8) is 0 Å². The van der Waals surface area contributed by atoms with Gasteiger partial charge >= 0.3 is 0 Å². The third-order valence-corrected chi connectivity index (χ3v) is 2.75. The van der Waals surface area contributed by atoms with Crippen molar-refractivity contribution >= 4 is 21.5 Å². The first-order valence-electron chi connectivity index (χ1n) is 4.32. The molecule has 0 bridgehead atoms. The van der Waals surface area contributed by atoms with E-state index in [4.69, 9.17) is 4.74 Å². The smallest absolute Gasteiger partial charge is 0.0723 e. The van der Waals surface area contributed by atoms with Crippen LogP contribution in [0.15, 0.2) is 29.3 Å². The lowest BCUT2D eigenvalue weighted by Crippen LogP contribution is -1.91. The van der Waals surface area contributed by atoms with E-state index >= 15 is 0 Å². The van der Waals surface area contributed by atoms with E-state index in [2.05, 4.69) is 40.7 Å². The summed E-state index contributed by atoms with van der Waals surface area (Å²) < 4.78 is 6.57.